The van der Waals surface area contributed by atoms with Gasteiger partial charge in [-0.05, 0) is 96.3 Å². The van der Waals surface area contributed by atoms with Gasteiger partial charge in [0.05, 0.1) is 6.61 Å². The maximum absolute atomic E-state index is 13.1. The lowest BCUT2D eigenvalue weighted by atomic mass is 10.1. The third kappa shape index (κ3) is 40.3. The summed E-state index contributed by atoms with van der Waals surface area (Å²) in [7, 11) is 0. The Morgan fingerprint density at radius 2 is 0.721 bits per heavy atom. The Morgan fingerprint density at radius 3 is 1.07 bits per heavy atom. The Morgan fingerprint density at radius 1 is 0.426 bits per heavy atom. The predicted octanol–water partition coefficient (Wildman–Crippen LogP) is 17.2. The fourth-order valence-electron chi connectivity index (χ4n) is 8.99. The number of ether oxygens (including phenoxy) is 4. The molecule has 396 valence electrons. The molecule has 0 bridgehead atoms. The van der Waals surface area contributed by atoms with Crippen molar-refractivity contribution in [2.24, 2.45) is 0 Å². The summed E-state index contributed by atoms with van der Waals surface area (Å²) in [6, 6.07) is 0. The first-order valence-electron chi connectivity index (χ1n) is 29.2. The molecule has 8 heteroatoms. The van der Waals surface area contributed by atoms with Crippen LogP contribution in [0.25, 0.3) is 0 Å². The van der Waals surface area contributed by atoms with Crippen LogP contribution in [0.15, 0.2) is 36.5 Å². The van der Waals surface area contributed by atoms with E-state index in [0.717, 1.165) is 103 Å². The van der Waals surface area contributed by atoms with E-state index in [9.17, 15) is 19.5 Å². The largest absolute Gasteiger partial charge is 0.463 e. The highest BCUT2D eigenvalue weighted by Crippen LogP contribution is 2.26. The topological polar surface area (TPSA) is 108 Å². The number of unbranched alkanes of at least 4 members (excludes halogenated alkanes) is 33. The molecular weight excluding hydrogens is 849 g/mol. The van der Waals surface area contributed by atoms with Crippen LogP contribution in [0.4, 0.5) is 0 Å². The van der Waals surface area contributed by atoms with Gasteiger partial charge in [0.2, 0.25) is 0 Å². The molecule has 8 nitrogen and oxygen atoms in total. The second-order valence-electron chi connectivity index (χ2n) is 20.0. The number of esters is 3. The lowest BCUT2D eigenvalue weighted by molar-refractivity contribution is -0.170. The quantitative estimate of drug-likeness (QED) is 0.0278. The minimum absolute atomic E-state index is 0.00799. The lowest BCUT2D eigenvalue weighted by Gasteiger charge is -2.26. The zero-order chi connectivity index (χ0) is 49.2. The van der Waals surface area contributed by atoms with Crippen LogP contribution in [-0.4, -0.2) is 60.6 Å². The van der Waals surface area contributed by atoms with E-state index < -0.39 is 30.4 Å². The zero-order valence-corrected chi connectivity index (χ0v) is 44.7. The molecule has 0 spiro atoms. The molecule has 0 saturated carbocycles. The van der Waals surface area contributed by atoms with Crippen molar-refractivity contribution in [3.05, 3.63) is 36.5 Å². The first-order valence-corrected chi connectivity index (χ1v) is 29.2. The first kappa shape index (κ1) is 63.6. The Labute approximate surface area is 419 Å². The van der Waals surface area contributed by atoms with Crippen LogP contribution in [0, 0.1) is 0 Å². The fraction of sp³-hybridized carbons (Fsp3) is 0.850. The zero-order valence-electron chi connectivity index (χ0n) is 44.7. The van der Waals surface area contributed by atoms with Gasteiger partial charge in [-0.25, -0.2) is 0 Å². The second-order valence-corrected chi connectivity index (χ2v) is 20.0. The summed E-state index contributed by atoms with van der Waals surface area (Å²) >= 11 is 0. The van der Waals surface area contributed by atoms with Gasteiger partial charge in [-0.1, -0.05) is 211 Å². The van der Waals surface area contributed by atoms with Crippen molar-refractivity contribution in [2.75, 3.05) is 13.2 Å². The van der Waals surface area contributed by atoms with Crippen LogP contribution in [0.1, 0.15) is 290 Å². The van der Waals surface area contributed by atoms with Gasteiger partial charge >= 0.3 is 17.9 Å². The molecule has 1 N–H and O–H groups in total. The average molecular weight is 958 g/mol. The summed E-state index contributed by atoms with van der Waals surface area (Å²) in [5.74, 6) is -1.11. The number of rotatable bonds is 50. The highest BCUT2D eigenvalue weighted by Gasteiger charge is 2.46. The first-order chi connectivity index (χ1) is 33.4. The molecule has 0 radical (unpaired) electrons. The number of aliphatic hydroxyl groups excluding tert-OH is 1. The van der Waals surface area contributed by atoms with Crippen LogP contribution in [-0.2, 0) is 33.3 Å². The predicted molar refractivity (Wildman–Crippen MR) is 285 cm³/mol. The van der Waals surface area contributed by atoms with Gasteiger partial charge in [0.25, 0.3) is 0 Å². The van der Waals surface area contributed by atoms with E-state index in [1.807, 2.05) is 0 Å². The molecule has 0 aliphatic carbocycles. The second kappa shape index (κ2) is 49.5. The Bertz CT molecular complexity index is 1230. The third-order valence-electron chi connectivity index (χ3n) is 13.4. The molecule has 0 aromatic rings. The van der Waals surface area contributed by atoms with Crippen molar-refractivity contribution in [3.63, 3.8) is 0 Å². The normalized spacial score (nSPS) is 16.7. The monoisotopic (exact) mass is 957 g/mol. The van der Waals surface area contributed by atoms with Crippen LogP contribution in [0.2, 0.25) is 0 Å². The molecule has 68 heavy (non-hydrogen) atoms. The van der Waals surface area contributed by atoms with Gasteiger partial charge in [-0.3, -0.25) is 14.4 Å². The average Bonchev–Trinajstić information content (AvgIpc) is 3.72. The molecular formula is C60H108O8. The number of carbonyl (C=O) groups is 3. The molecule has 1 rings (SSSR count). The smallest absolute Gasteiger partial charge is 0.306 e. The van der Waals surface area contributed by atoms with Crippen LogP contribution < -0.4 is 0 Å². The molecule has 1 heterocycles. The Balaban J connectivity index is 2.45. The highest BCUT2D eigenvalue weighted by molar-refractivity contribution is 5.71. The van der Waals surface area contributed by atoms with E-state index >= 15 is 0 Å². The van der Waals surface area contributed by atoms with Gasteiger partial charge in [0.1, 0.15) is 18.8 Å². The standard InChI is InChI=1S/C60H108O8/c1-4-7-10-13-16-19-22-25-28-31-34-37-40-43-46-49-56(62)65-52-54(61)59-60(68-58(64)51-48-45-42-39-36-33-30-27-24-21-18-15-12-9-6-3)55(53-66-59)67-57(63)50-47-44-41-38-35-32-29-26-23-20-17-14-11-8-5-2/h25-30,54-55,59-61H,4-24,31-53H2,1-3H3/t54-,55+,59-,60-/m1/s1. The minimum Gasteiger partial charge on any atom is -0.463 e. The van der Waals surface area contributed by atoms with Crippen molar-refractivity contribution in [3.8, 4) is 0 Å². The molecule has 0 aromatic heterocycles. The van der Waals surface area contributed by atoms with E-state index in [2.05, 4.69) is 57.2 Å². The highest BCUT2D eigenvalue weighted by atomic mass is 16.6. The van der Waals surface area contributed by atoms with Crippen molar-refractivity contribution in [1.82, 2.24) is 0 Å². The Kier molecular flexibility index (Phi) is 46.3. The summed E-state index contributed by atoms with van der Waals surface area (Å²) < 4.78 is 23.1. The van der Waals surface area contributed by atoms with Gasteiger partial charge < -0.3 is 24.1 Å². The van der Waals surface area contributed by atoms with Gasteiger partial charge in [-0.15, -0.1) is 0 Å². The number of allylic oxidation sites excluding steroid dienone is 6. The number of aliphatic hydroxyl groups is 1. The van der Waals surface area contributed by atoms with E-state index in [1.165, 1.54) is 141 Å². The van der Waals surface area contributed by atoms with E-state index in [0.29, 0.717) is 12.8 Å². The fourth-order valence-corrected chi connectivity index (χ4v) is 8.99. The summed E-state index contributed by atoms with van der Waals surface area (Å²) in [6.07, 6.45) is 56.9. The molecule has 0 unspecified atom stereocenters. The molecule has 1 fully saturated rings. The van der Waals surface area contributed by atoms with Gasteiger partial charge in [-0.2, -0.15) is 0 Å². The third-order valence-corrected chi connectivity index (χ3v) is 13.4. The number of hydrogen-bond donors (Lipinski definition) is 1. The van der Waals surface area contributed by atoms with E-state index in [4.69, 9.17) is 18.9 Å². The van der Waals surface area contributed by atoms with E-state index in [1.54, 1.807) is 0 Å². The molecule has 0 aromatic carbocycles. The summed E-state index contributed by atoms with van der Waals surface area (Å²) in [5, 5.41) is 11.2. The maximum Gasteiger partial charge on any atom is 0.306 e. The molecule has 0 amide bonds. The van der Waals surface area contributed by atoms with Gasteiger partial charge in [0, 0.05) is 19.3 Å². The summed E-state index contributed by atoms with van der Waals surface area (Å²) in [4.78, 5) is 38.8. The summed E-state index contributed by atoms with van der Waals surface area (Å²) in [6.45, 7) is 6.51. The van der Waals surface area contributed by atoms with Crippen molar-refractivity contribution in [1.29, 1.82) is 0 Å². The maximum atomic E-state index is 13.1. The van der Waals surface area contributed by atoms with E-state index in [-0.39, 0.29) is 38.0 Å². The van der Waals surface area contributed by atoms with Crippen LogP contribution >= 0.6 is 0 Å². The SMILES string of the molecule is CCCCCCCCC=CCCCCCCCC(=O)OC[C@@H](O)[C@H]1OC[C@H](OC(=O)CCCCCCCC=CCCCCCCCC)[C@H]1OC(=O)CCCCCCCC=CCCCCCCCC. The van der Waals surface area contributed by atoms with Crippen molar-refractivity contribution in [2.45, 2.75) is 315 Å². The molecule has 1 saturated heterocycles. The van der Waals surface area contributed by atoms with Crippen molar-refractivity contribution < 1.29 is 38.4 Å². The molecule has 1 aliphatic rings. The number of carbonyl (C=O) groups excluding carboxylic acids is 3. The molecule has 4 atom stereocenters. The van der Waals surface area contributed by atoms with Crippen LogP contribution in [0.5, 0.6) is 0 Å². The summed E-state index contributed by atoms with van der Waals surface area (Å²) in [5.41, 5.74) is 0. The van der Waals surface area contributed by atoms with Crippen LogP contribution in [0.3, 0.4) is 0 Å². The van der Waals surface area contributed by atoms with Crippen molar-refractivity contribution >= 4 is 17.9 Å². The van der Waals surface area contributed by atoms with Gasteiger partial charge in [0.15, 0.2) is 12.2 Å². The molecule has 1 aliphatic heterocycles. The number of hydrogen-bond acceptors (Lipinski definition) is 8. The Hall–Kier alpha value is -2.45. The lowest BCUT2D eigenvalue weighted by Crippen LogP contribution is -2.45. The minimum atomic E-state index is -1.22.